The van der Waals surface area contributed by atoms with E-state index in [4.69, 9.17) is 4.84 Å². The van der Waals surface area contributed by atoms with E-state index < -0.39 is 24.2 Å². The van der Waals surface area contributed by atoms with E-state index in [1.54, 1.807) is 30.2 Å². The second-order valence-corrected chi connectivity index (χ2v) is 10.7. The van der Waals surface area contributed by atoms with E-state index in [1.807, 2.05) is 6.07 Å². The van der Waals surface area contributed by atoms with Gasteiger partial charge in [0.2, 0.25) is 5.91 Å². The van der Waals surface area contributed by atoms with Crippen LogP contribution in [0.2, 0.25) is 0 Å². The summed E-state index contributed by atoms with van der Waals surface area (Å²) in [6.07, 6.45) is 0.143. The van der Waals surface area contributed by atoms with E-state index >= 15 is 0 Å². The van der Waals surface area contributed by atoms with Gasteiger partial charge in [0.15, 0.2) is 0 Å². The molecule has 1 amide bonds. The highest BCUT2D eigenvalue weighted by atomic mass is 16.7. The number of aldehydes is 1. The summed E-state index contributed by atoms with van der Waals surface area (Å²) in [6, 6.07) is 6.39. The number of hydrogen-bond acceptors (Lipinski definition) is 6. The first kappa shape index (κ1) is 25.8. The average molecular weight is 461 g/mol. The van der Waals surface area contributed by atoms with Crippen molar-refractivity contribution in [3.63, 3.8) is 0 Å². The van der Waals surface area contributed by atoms with E-state index in [1.165, 1.54) is 0 Å². The number of amides is 1. The Kier molecular flexibility index (Phi) is 7.99. The number of aliphatic hydroxyl groups is 2. The van der Waals surface area contributed by atoms with Crippen LogP contribution >= 0.6 is 0 Å². The van der Waals surface area contributed by atoms with Crippen LogP contribution in [0.1, 0.15) is 63.9 Å². The lowest BCUT2D eigenvalue weighted by Gasteiger charge is -2.50. The molecule has 1 saturated carbocycles. The molecule has 1 saturated heterocycles. The van der Waals surface area contributed by atoms with Crippen LogP contribution < -0.4 is 5.32 Å². The maximum absolute atomic E-state index is 13.7. The molecule has 0 spiro atoms. The zero-order valence-electron chi connectivity index (χ0n) is 20.7. The molecule has 2 fully saturated rings. The quantitative estimate of drug-likeness (QED) is 0.541. The second-order valence-electron chi connectivity index (χ2n) is 10.7. The Bertz CT molecular complexity index is 842. The summed E-state index contributed by atoms with van der Waals surface area (Å²) in [5.41, 5.74) is 1.55. The smallest absolute Gasteiger partial charge is 0.240 e. The van der Waals surface area contributed by atoms with Crippen molar-refractivity contribution in [2.45, 2.75) is 78.8 Å². The lowest BCUT2D eigenvalue weighted by atomic mass is 9.58. The summed E-state index contributed by atoms with van der Waals surface area (Å²) in [7, 11) is 0. The van der Waals surface area contributed by atoms with Crippen LogP contribution in [0.15, 0.2) is 24.3 Å². The summed E-state index contributed by atoms with van der Waals surface area (Å²) >= 11 is 0. The topological polar surface area (TPSA) is 99.1 Å². The number of hydrogen-bond donors (Lipinski definition) is 3. The first-order valence-electron chi connectivity index (χ1n) is 12.1. The molecular weight excluding hydrogens is 420 g/mol. The van der Waals surface area contributed by atoms with Crippen molar-refractivity contribution in [1.82, 2.24) is 10.4 Å². The van der Waals surface area contributed by atoms with Crippen LogP contribution in [0.5, 0.6) is 0 Å². The lowest BCUT2D eigenvalue weighted by molar-refractivity contribution is -0.182. The van der Waals surface area contributed by atoms with Crippen LogP contribution in [0.3, 0.4) is 0 Å². The third-order valence-electron chi connectivity index (χ3n) is 8.61. The molecule has 0 radical (unpaired) electrons. The zero-order chi connectivity index (χ0) is 24.5. The van der Waals surface area contributed by atoms with Crippen molar-refractivity contribution >= 4 is 12.2 Å². The van der Waals surface area contributed by atoms with Crippen molar-refractivity contribution < 1.29 is 24.6 Å². The molecule has 1 aromatic rings. The highest BCUT2D eigenvalue weighted by Crippen LogP contribution is 2.47. The minimum Gasteiger partial charge on any atom is -0.394 e. The molecule has 3 N–H and O–H groups in total. The minimum atomic E-state index is -0.843. The molecule has 3 rings (SSSR count). The molecule has 2 aliphatic rings. The van der Waals surface area contributed by atoms with Crippen LogP contribution in [0, 0.1) is 29.1 Å². The minimum absolute atomic E-state index is 0.0265. The van der Waals surface area contributed by atoms with Crippen LogP contribution in [0.4, 0.5) is 0 Å². The van der Waals surface area contributed by atoms with Gasteiger partial charge in [0.05, 0.1) is 19.3 Å². The number of nitrogens with one attached hydrogen (secondary N) is 1. The Morgan fingerprint density at radius 1 is 1.33 bits per heavy atom. The van der Waals surface area contributed by atoms with E-state index in [-0.39, 0.29) is 30.5 Å². The summed E-state index contributed by atoms with van der Waals surface area (Å²) in [5.74, 6) is 0.424. The predicted molar refractivity (Wildman–Crippen MR) is 126 cm³/mol. The van der Waals surface area contributed by atoms with E-state index in [0.717, 1.165) is 18.3 Å². The molecular formula is C26H40N2O5. The first-order valence-corrected chi connectivity index (χ1v) is 12.1. The first-order chi connectivity index (χ1) is 15.5. The van der Waals surface area contributed by atoms with Gasteiger partial charge < -0.3 is 15.5 Å². The largest absolute Gasteiger partial charge is 0.394 e. The normalized spacial score (nSPS) is 35.2. The monoisotopic (exact) mass is 460 g/mol. The molecule has 8 atom stereocenters. The zero-order valence-corrected chi connectivity index (χ0v) is 20.7. The van der Waals surface area contributed by atoms with Crippen molar-refractivity contribution in [3.05, 3.63) is 35.4 Å². The van der Waals surface area contributed by atoms with E-state index in [0.29, 0.717) is 23.3 Å². The van der Waals surface area contributed by atoms with Gasteiger partial charge in [0, 0.05) is 17.5 Å². The number of hydroxylamine groups is 2. The molecule has 1 aromatic carbocycles. The fraction of sp³-hybridized carbons (Fsp3) is 0.692. The van der Waals surface area contributed by atoms with Gasteiger partial charge in [-0.15, -0.1) is 0 Å². The third kappa shape index (κ3) is 5.16. The SMILES string of the molecule is C[C@@H]1[C@@H](NC(=O)[C@@H]2[C@H]([C@H](C)O)[C@H](CO)ON2Cc2cccc(C=O)c2)C[C@@H](C)C(C)(C)[C@H]1C. The van der Waals surface area contributed by atoms with Crippen molar-refractivity contribution in [2.75, 3.05) is 6.61 Å². The van der Waals surface area contributed by atoms with Gasteiger partial charge in [-0.3, -0.25) is 14.4 Å². The highest BCUT2D eigenvalue weighted by molar-refractivity contribution is 5.83. The Labute approximate surface area is 197 Å². The van der Waals surface area contributed by atoms with Crippen LogP contribution in [-0.2, 0) is 16.2 Å². The van der Waals surface area contributed by atoms with Gasteiger partial charge in [0.1, 0.15) is 18.4 Å². The third-order valence-corrected chi connectivity index (χ3v) is 8.61. The molecule has 1 heterocycles. The van der Waals surface area contributed by atoms with Gasteiger partial charge in [-0.05, 0) is 48.1 Å². The number of nitrogens with zero attached hydrogens (tertiary/aromatic N) is 1. The second kappa shape index (κ2) is 10.2. The van der Waals surface area contributed by atoms with E-state index in [9.17, 15) is 19.8 Å². The Morgan fingerprint density at radius 2 is 2.03 bits per heavy atom. The van der Waals surface area contributed by atoms with Crippen molar-refractivity contribution in [1.29, 1.82) is 0 Å². The maximum Gasteiger partial charge on any atom is 0.240 e. The number of carbonyl (C=O) groups is 2. The number of carbonyl (C=O) groups excluding carboxylic acids is 2. The van der Waals surface area contributed by atoms with Crippen LogP contribution in [-0.4, -0.2) is 58.4 Å². The van der Waals surface area contributed by atoms with Gasteiger partial charge in [-0.2, -0.15) is 5.06 Å². The fourth-order valence-corrected chi connectivity index (χ4v) is 5.65. The van der Waals surface area contributed by atoms with Crippen molar-refractivity contribution in [3.8, 4) is 0 Å². The number of benzene rings is 1. The molecule has 7 heteroatoms. The lowest BCUT2D eigenvalue weighted by Crippen LogP contribution is -2.56. The molecule has 0 bridgehead atoms. The van der Waals surface area contributed by atoms with Gasteiger partial charge in [-0.1, -0.05) is 52.8 Å². The molecule has 1 aliphatic carbocycles. The predicted octanol–water partition coefficient (Wildman–Crippen LogP) is 2.80. The molecule has 184 valence electrons. The fourth-order valence-electron chi connectivity index (χ4n) is 5.65. The van der Waals surface area contributed by atoms with Crippen LogP contribution in [0.25, 0.3) is 0 Å². The molecule has 33 heavy (non-hydrogen) atoms. The Hall–Kier alpha value is -1.80. The average Bonchev–Trinajstić information content (AvgIpc) is 3.15. The number of aliphatic hydroxyl groups excluding tert-OH is 2. The maximum atomic E-state index is 13.7. The summed E-state index contributed by atoms with van der Waals surface area (Å²) in [4.78, 5) is 30.8. The Balaban J connectivity index is 1.84. The molecule has 1 aliphatic heterocycles. The van der Waals surface area contributed by atoms with Gasteiger partial charge in [0.25, 0.3) is 0 Å². The van der Waals surface area contributed by atoms with Gasteiger partial charge in [-0.25, -0.2) is 0 Å². The standard InChI is InChI=1S/C26H40N2O5/c1-15-10-21(16(2)17(3)26(15,5)6)27-25(32)24-23(18(4)31)22(14-30)33-28(24)12-19-8-7-9-20(11-19)13-29/h7-9,11,13,15-18,21-24,30-31H,10,12,14H2,1-6H3,(H,27,32)/t15-,16+,17+,18+,21+,22+,23-,24+/m1/s1. The summed E-state index contributed by atoms with van der Waals surface area (Å²) in [5, 5.41) is 25.2. The molecule has 0 aromatic heterocycles. The number of rotatable bonds is 7. The van der Waals surface area contributed by atoms with E-state index in [2.05, 4.69) is 39.9 Å². The summed E-state index contributed by atoms with van der Waals surface area (Å²) in [6.45, 7) is 12.9. The van der Waals surface area contributed by atoms with Crippen molar-refractivity contribution in [2.24, 2.45) is 29.1 Å². The summed E-state index contributed by atoms with van der Waals surface area (Å²) < 4.78 is 0. The van der Waals surface area contributed by atoms with Gasteiger partial charge >= 0.3 is 0 Å². The Morgan fingerprint density at radius 3 is 2.64 bits per heavy atom. The molecule has 0 unspecified atom stereocenters. The molecule has 7 nitrogen and oxygen atoms in total. The highest BCUT2D eigenvalue weighted by Gasteiger charge is 2.51.